The topological polar surface area (TPSA) is 67.3 Å². The van der Waals surface area contributed by atoms with Crippen LogP contribution < -0.4 is 0 Å². The molecular weight excluding hydrogens is 370 g/mol. The molecule has 5 nitrogen and oxygen atoms in total. The number of carbonyl (C=O) groups excluding carboxylic acids is 1. The van der Waals surface area contributed by atoms with Crippen LogP contribution >= 0.6 is 15.9 Å². The fraction of sp³-hybridized carbons (Fsp3) is 0.389. The minimum absolute atomic E-state index is 0.160. The molecule has 1 aromatic heterocycles. The van der Waals surface area contributed by atoms with E-state index >= 15 is 0 Å². The van der Waals surface area contributed by atoms with Gasteiger partial charge in [0.05, 0.1) is 12.8 Å². The predicted molar refractivity (Wildman–Crippen MR) is 96.7 cm³/mol. The number of rotatable bonds is 5. The van der Waals surface area contributed by atoms with Crippen molar-refractivity contribution in [1.29, 1.82) is 0 Å². The summed E-state index contributed by atoms with van der Waals surface area (Å²) in [5.41, 5.74) is 2.83. The molecule has 1 aromatic carbocycles. The lowest BCUT2D eigenvalue weighted by molar-refractivity contribution is -0.146. The summed E-state index contributed by atoms with van der Waals surface area (Å²) in [6.45, 7) is 4.27. The molecule has 126 valence electrons. The van der Waals surface area contributed by atoms with Crippen LogP contribution in [-0.4, -0.2) is 28.5 Å². The van der Waals surface area contributed by atoms with Gasteiger partial charge in [-0.15, -0.1) is 0 Å². The summed E-state index contributed by atoms with van der Waals surface area (Å²) >= 11 is 3.62. The summed E-state index contributed by atoms with van der Waals surface area (Å²) in [5, 5.41) is 7.10. The van der Waals surface area contributed by atoms with E-state index in [1.807, 2.05) is 31.2 Å². The summed E-state index contributed by atoms with van der Waals surface area (Å²) in [5.74, 6) is -0.0711. The zero-order chi connectivity index (χ0) is 17.1. The maximum atomic E-state index is 12.8. The molecule has 0 bridgehead atoms. The Morgan fingerprint density at radius 1 is 1.29 bits per heavy atom. The number of aromatic nitrogens is 2. The number of aliphatic imine (C=N–C) groups is 1. The average Bonchev–Trinajstić information content (AvgIpc) is 3.03. The normalized spacial score (nSPS) is 19.5. The number of halogens is 1. The van der Waals surface area contributed by atoms with E-state index in [1.54, 1.807) is 6.20 Å². The predicted octanol–water partition coefficient (Wildman–Crippen LogP) is 4.37. The highest BCUT2D eigenvalue weighted by Gasteiger charge is 2.41. The monoisotopic (exact) mass is 389 g/mol. The van der Waals surface area contributed by atoms with Crippen LogP contribution in [-0.2, 0) is 9.53 Å². The molecule has 0 amide bonds. The quantitative estimate of drug-likeness (QED) is 0.771. The highest BCUT2D eigenvalue weighted by Crippen LogP contribution is 2.44. The van der Waals surface area contributed by atoms with E-state index in [-0.39, 0.29) is 11.9 Å². The van der Waals surface area contributed by atoms with Crippen molar-refractivity contribution in [3.05, 3.63) is 46.1 Å². The van der Waals surface area contributed by atoms with Gasteiger partial charge in [0.25, 0.3) is 0 Å². The second-order valence-corrected chi connectivity index (χ2v) is 6.61. The Hall–Kier alpha value is -1.95. The van der Waals surface area contributed by atoms with E-state index in [4.69, 9.17) is 4.74 Å². The molecule has 0 radical (unpaired) electrons. The van der Waals surface area contributed by atoms with Gasteiger partial charge in [0.1, 0.15) is 5.92 Å². The summed E-state index contributed by atoms with van der Waals surface area (Å²) in [6, 6.07) is 7.97. The second kappa shape index (κ2) is 7.30. The van der Waals surface area contributed by atoms with Gasteiger partial charge < -0.3 is 4.74 Å². The molecule has 1 aliphatic rings. The van der Waals surface area contributed by atoms with Crippen LogP contribution in [0.2, 0.25) is 0 Å². The number of benzene rings is 1. The molecular formula is C18H20BrN3O2. The fourth-order valence-electron chi connectivity index (χ4n) is 3.24. The van der Waals surface area contributed by atoms with Gasteiger partial charge in [-0.25, -0.2) is 4.99 Å². The molecule has 0 spiro atoms. The van der Waals surface area contributed by atoms with Gasteiger partial charge in [-0.05, 0) is 25.0 Å². The smallest absolute Gasteiger partial charge is 0.315 e. The maximum absolute atomic E-state index is 12.8. The summed E-state index contributed by atoms with van der Waals surface area (Å²) in [7, 11) is 0. The lowest BCUT2D eigenvalue weighted by Gasteiger charge is -2.30. The number of hydrogen-bond donors (Lipinski definition) is 1. The summed E-state index contributed by atoms with van der Waals surface area (Å²) < 4.78 is 6.34. The van der Waals surface area contributed by atoms with E-state index in [0.717, 1.165) is 40.0 Å². The zero-order valence-electron chi connectivity index (χ0n) is 13.8. The molecule has 2 heterocycles. The Morgan fingerprint density at radius 3 is 2.79 bits per heavy atom. The molecule has 1 N–H and O–H groups in total. The third-order valence-corrected chi connectivity index (χ3v) is 4.94. The Labute approximate surface area is 149 Å². The van der Waals surface area contributed by atoms with Gasteiger partial charge in [0, 0.05) is 21.7 Å². The van der Waals surface area contributed by atoms with Gasteiger partial charge >= 0.3 is 5.97 Å². The number of esters is 1. The Kier molecular flexibility index (Phi) is 5.14. The first-order chi connectivity index (χ1) is 11.7. The number of ether oxygens (including phenoxy) is 1. The van der Waals surface area contributed by atoms with Gasteiger partial charge in [-0.1, -0.05) is 47.5 Å². The van der Waals surface area contributed by atoms with Crippen molar-refractivity contribution in [3.8, 4) is 0 Å². The Morgan fingerprint density at radius 2 is 2.08 bits per heavy atom. The van der Waals surface area contributed by atoms with E-state index < -0.39 is 5.92 Å². The molecule has 0 fully saturated rings. The van der Waals surface area contributed by atoms with Gasteiger partial charge in [0.15, 0.2) is 5.82 Å². The SMILES string of the molecule is CCCC1=Nc2[nH]ncc2C(c2ccccc2Br)C1C(=O)OCC. The zero-order valence-corrected chi connectivity index (χ0v) is 15.3. The molecule has 6 heteroatoms. The van der Waals surface area contributed by atoms with E-state index in [9.17, 15) is 4.79 Å². The highest BCUT2D eigenvalue weighted by molar-refractivity contribution is 9.10. The van der Waals surface area contributed by atoms with Crippen LogP contribution in [0.15, 0.2) is 39.9 Å². The first kappa shape index (κ1) is 16.9. The third-order valence-electron chi connectivity index (χ3n) is 4.22. The number of nitrogens with zero attached hydrogens (tertiary/aromatic N) is 2. The van der Waals surface area contributed by atoms with Crippen molar-refractivity contribution in [2.75, 3.05) is 6.61 Å². The number of carbonyl (C=O) groups is 1. The fourth-order valence-corrected chi connectivity index (χ4v) is 3.77. The number of hydrogen-bond acceptors (Lipinski definition) is 4. The van der Waals surface area contributed by atoms with Crippen molar-refractivity contribution in [1.82, 2.24) is 10.2 Å². The Bertz CT molecular complexity index is 769. The molecule has 2 unspecified atom stereocenters. The first-order valence-corrected chi connectivity index (χ1v) is 8.98. The third kappa shape index (κ3) is 3.02. The van der Waals surface area contributed by atoms with Crippen molar-refractivity contribution in [2.24, 2.45) is 10.9 Å². The second-order valence-electron chi connectivity index (χ2n) is 5.76. The molecule has 0 aliphatic carbocycles. The average molecular weight is 390 g/mol. The van der Waals surface area contributed by atoms with Crippen LogP contribution in [0.5, 0.6) is 0 Å². The standard InChI is InChI=1S/C18H20BrN3O2/c1-3-7-14-16(18(23)24-4-2)15(11-8-5-6-9-13(11)19)12-10-20-22-17(12)21-14/h5-6,8-10,15-16H,3-4,7H2,1-2H3,(H,20,22). The molecule has 24 heavy (non-hydrogen) atoms. The van der Waals surface area contributed by atoms with Crippen molar-refractivity contribution < 1.29 is 9.53 Å². The molecule has 2 aromatic rings. The number of aromatic amines is 1. The van der Waals surface area contributed by atoms with E-state index in [0.29, 0.717) is 6.61 Å². The lowest BCUT2D eigenvalue weighted by atomic mass is 9.76. The van der Waals surface area contributed by atoms with Crippen molar-refractivity contribution in [3.63, 3.8) is 0 Å². The van der Waals surface area contributed by atoms with E-state index in [2.05, 4.69) is 38.0 Å². The van der Waals surface area contributed by atoms with Crippen LogP contribution in [0.1, 0.15) is 43.7 Å². The summed E-state index contributed by atoms with van der Waals surface area (Å²) in [4.78, 5) is 17.4. The molecule has 0 saturated carbocycles. The molecule has 3 rings (SSSR count). The largest absolute Gasteiger partial charge is 0.465 e. The first-order valence-electron chi connectivity index (χ1n) is 8.19. The highest BCUT2D eigenvalue weighted by atomic mass is 79.9. The Balaban J connectivity index is 2.16. The maximum Gasteiger partial charge on any atom is 0.315 e. The van der Waals surface area contributed by atoms with Gasteiger partial charge in [-0.2, -0.15) is 5.10 Å². The van der Waals surface area contributed by atoms with Crippen LogP contribution in [0.25, 0.3) is 0 Å². The van der Waals surface area contributed by atoms with Crippen molar-refractivity contribution >= 4 is 33.4 Å². The molecule has 0 saturated heterocycles. The van der Waals surface area contributed by atoms with Crippen molar-refractivity contribution in [2.45, 2.75) is 32.6 Å². The number of nitrogens with one attached hydrogen (secondary N) is 1. The number of fused-ring (bicyclic) bond motifs is 1. The molecule has 2 atom stereocenters. The number of H-pyrrole nitrogens is 1. The van der Waals surface area contributed by atoms with Crippen LogP contribution in [0.3, 0.4) is 0 Å². The van der Waals surface area contributed by atoms with Gasteiger partial charge in [0.2, 0.25) is 0 Å². The van der Waals surface area contributed by atoms with Crippen LogP contribution in [0.4, 0.5) is 5.82 Å². The minimum Gasteiger partial charge on any atom is -0.465 e. The summed E-state index contributed by atoms with van der Waals surface area (Å²) in [6.07, 6.45) is 3.43. The van der Waals surface area contributed by atoms with Gasteiger partial charge in [-0.3, -0.25) is 9.89 Å². The van der Waals surface area contributed by atoms with E-state index in [1.165, 1.54) is 0 Å². The molecule has 1 aliphatic heterocycles. The van der Waals surface area contributed by atoms with Crippen LogP contribution in [0, 0.1) is 5.92 Å². The minimum atomic E-state index is -0.423. The lowest BCUT2D eigenvalue weighted by Crippen LogP contribution is -2.34.